The number of carbonyl (C=O) groups is 2. The van der Waals surface area contributed by atoms with E-state index in [4.69, 9.17) is 0 Å². The molecule has 0 bridgehead atoms. The van der Waals surface area contributed by atoms with E-state index in [0.29, 0.717) is 18.5 Å². The van der Waals surface area contributed by atoms with Crippen LogP contribution in [-0.2, 0) is 24.3 Å². The van der Waals surface area contributed by atoms with Crippen molar-refractivity contribution in [3.63, 3.8) is 0 Å². The number of amides is 2. The molecule has 0 aliphatic carbocycles. The van der Waals surface area contributed by atoms with Crippen molar-refractivity contribution in [2.75, 3.05) is 13.1 Å². The molecule has 4 rings (SSSR count). The van der Waals surface area contributed by atoms with Crippen molar-refractivity contribution < 1.29 is 9.59 Å². The topological polar surface area (TPSA) is 61.4 Å². The highest BCUT2D eigenvalue weighted by Gasteiger charge is 2.22. The van der Waals surface area contributed by atoms with Crippen LogP contribution in [0.5, 0.6) is 0 Å². The van der Waals surface area contributed by atoms with E-state index >= 15 is 0 Å². The minimum Gasteiger partial charge on any atom is -0.350 e. The molecule has 5 nitrogen and oxygen atoms in total. The van der Waals surface area contributed by atoms with E-state index in [-0.39, 0.29) is 11.8 Å². The first kappa shape index (κ1) is 23.7. The van der Waals surface area contributed by atoms with Gasteiger partial charge in [-0.3, -0.25) is 14.5 Å². The lowest BCUT2D eigenvalue weighted by Crippen LogP contribution is -2.47. The first-order valence-corrected chi connectivity index (χ1v) is 12.2. The summed E-state index contributed by atoms with van der Waals surface area (Å²) in [5, 5.41) is 6.02. The Morgan fingerprint density at radius 2 is 1.38 bits per heavy atom. The third-order valence-electron chi connectivity index (χ3n) is 6.35. The molecule has 1 heterocycles. The maximum atomic E-state index is 13.3. The minimum atomic E-state index is -0.663. The Morgan fingerprint density at radius 1 is 0.765 bits per heavy atom. The molecule has 3 aromatic rings. The van der Waals surface area contributed by atoms with Crippen LogP contribution in [0.25, 0.3) is 0 Å². The van der Waals surface area contributed by atoms with Crippen LogP contribution in [0, 0.1) is 0 Å². The molecule has 0 aromatic heterocycles. The van der Waals surface area contributed by atoms with Crippen molar-refractivity contribution in [3.05, 3.63) is 107 Å². The highest BCUT2D eigenvalue weighted by atomic mass is 16.2. The molecule has 2 amide bonds. The van der Waals surface area contributed by atoms with Gasteiger partial charge in [0.05, 0.1) is 0 Å². The zero-order valence-electron chi connectivity index (χ0n) is 19.6. The Bertz CT molecular complexity index is 1060. The number of rotatable bonds is 9. The number of piperidine rings is 1. The molecule has 1 atom stereocenters. The Morgan fingerprint density at radius 3 is 2.09 bits per heavy atom. The average Bonchev–Trinajstić information content (AvgIpc) is 2.89. The first-order chi connectivity index (χ1) is 16.7. The number of hydrogen-bond donors (Lipinski definition) is 2. The van der Waals surface area contributed by atoms with Crippen LogP contribution < -0.4 is 10.6 Å². The maximum Gasteiger partial charge on any atom is 0.251 e. The fourth-order valence-electron chi connectivity index (χ4n) is 4.44. The molecule has 1 aliphatic heterocycles. The molecule has 2 N–H and O–H groups in total. The molecule has 176 valence electrons. The molecule has 1 unspecified atom stereocenters. The summed E-state index contributed by atoms with van der Waals surface area (Å²) in [5.74, 6) is -0.428. The van der Waals surface area contributed by atoms with Gasteiger partial charge in [0, 0.05) is 25.1 Å². The van der Waals surface area contributed by atoms with Gasteiger partial charge in [-0.25, -0.2) is 0 Å². The second-order valence-corrected chi connectivity index (χ2v) is 8.91. The highest BCUT2D eigenvalue weighted by Crippen LogP contribution is 2.16. The smallest absolute Gasteiger partial charge is 0.251 e. The van der Waals surface area contributed by atoms with Crippen LogP contribution in [0.3, 0.4) is 0 Å². The molecular weight excluding hydrogens is 422 g/mol. The van der Waals surface area contributed by atoms with Crippen LogP contribution in [0.15, 0.2) is 84.9 Å². The quantitative estimate of drug-likeness (QED) is 0.505. The molecule has 1 saturated heterocycles. The van der Waals surface area contributed by atoms with Crippen molar-refractivity contribution in [2.24, 2.45) is 0 Å². The summed E-state index contributed by atoms with van der Waals surface area (Å²) in [4.78, 5) is 28.5. The molecule has 5 heteroatoms. The maximum absolute atomic E-state index is 13.3. The van der Waals surface area contributed by atoms with Gasteiger partial charge in [0.15, 0.2) is 0 Å². The second kappa shape index (κ2) is 12.1. The zero-order valence-corrected chi connectivity index (χ0v) is 19.6. The summed E-state index contributed by atoms with van der Waals surface area (Å²) in [7, 11) is 0. The minimum absolute atomic E-state index is 0.180. The molecule has 3 aromatic carbocycles. The summed E-state index contributed by atoms with van der Waals surface area (Å²) in [6.45, 7) is 3.61. The van der Waals surface area contributed by atoms with E-state index in [1.54, 1.807) is 12.1 Å². The van der Waals surface area contributed by atoms with Crippen molar-refractivity contribution in [1.29, 1.82) is 0 Å². The average molecular weight is 456 g/mol. The highest BCUT2D eigenvalue weighted by molar-refractivity contribution is 5.97. The Hall–Kier alpha value is -3.44. The molecule has 34 heavy (non-hydrogen) atoms. The van der Waals surface area contributed by atoms with E-state index in [1.807, 2.05) is 54.6 Å². The van der Waals surface area contributed by atoms with Gasteiger partial charge in [-0.05, 0) is 54.8 Å². The first-order valence-electron chi connectivity index (χ1n) is 12.2. The fraction of sp³-hybridized carbons (Fsp3) is 0.310. The van der Waals surface area contributed by atoms with Crippen LogP contribution >= 0.6 is 0 Å². The van der Waals surface area contributed by atoms with Gasteiger partial charge in [-0.1, -0.05) is 79.2 Å². The van der Waals surface area contributed by atoms with Gasteiger partial charge < -0.3 is 10.6 Å². The third-order valence-corrected chi connectivity index (χ3v) is 6.35. The van der Waals surface area contributed by atoms with Gasteiger partial charge in [-0.2, -0.15) is 0 Å². The van der Waals surface area contributed by atoms with Crippen molar-refractivity contribution in [1.82, 2.24) is 15.5 Å². The Labute approximate surface area is 202 Å². The summed E-state index contributed by atoms with van der Waals surface area (Å²) < 4.78 is 0. The fourth-order valence-corrected chi connectivity index (χ4v) is 4.44. The SMILES string of the molecule is O=C(NC(Cc1ccccc1)C(=O)NCc1ccccc1CN1CCCCC1)c1ccccc1. The lowest BCUT2D eigenvalue weighted by atomic mass is 10.0. The van der Waals surface area contributed by atoms with Gasteiger partial charge in [0.1, 0.15) is 6.04 Å². The Kier molecular flexibility index (Phi) is 8.47. The van der Waals surface area contributed by atoms with Crippen molar-refractivity contribution in [3.8, 4) is 0 Å². The summed E-state index contributed by atoms with van der Waals surface area (Å²) >= 11 is 0. The normalized spacial score (nSPS) is 14.8. The Balaban J connectivity index is 1.43. The summed E-state index contributed by atoms with van der Waals surface area (Å²) in [6, 6.07) is 26.4. The largest absolute Gasteiger partial charge is 0.350 e. The van der Waals surface area contributed by atoms with E-state index in [1.165, 1.54) is 24.8 Å². The number of benzene rings is 3. The standard InChI is InChI=1S/C29H33N3O2/c33-28(24-14-6-2-7-15-24)31-27(20-23-12-4-1-5-13-23)29(34)30-21-25-16-8-9-17-26(25)22-32-18-10-3-11-19-32/h1-2,4-9,12-17,27H,3,10-11,18-22H2,(H,30,34)(H,31,33). The zero-order chi connectivity index (χ0) is 23.6. The number of likely N-dealkylation sites (tertiary alicyclic amines) is 1. The molecule has 0 saturated carbocycles. The van der Waals surface area contributed by atoms with Crippen LogP contribution in [0.2, 0.25) is 0 Å². The molecule has 1 aliphatic rings. The lowest BCUT2D eigenvalue weighted by molar-refractivity contribution is -0.123. The number of nitrogens with zero attached hydrogens (tertiary/aromatic N) is 1. The molecular formula is C29H33N3O2. The van der Waals surface area contributed by atoms with Gasteiger partial charge in [0.25, 0.3) is 5.91 Å². The van der Waals surface area contributed by atoms with E-state index in [0.717, 1.165) is 30.8 Å². The monoisotopic (exact) mass is 455 g/mol. The van der Waals surface area contributed by atoms with Crippen LogP contribution in [-0.4, -0.2) is 35.8 Å². The number of nitrogens with one attached hydrogen (secondary N) is 2. The van der Waals surface area contributed by atoms with E-state index < -0.39 is 6.04 Å². The second-order valence-electron chi connectivity index (χ2n) is 8.91. The van der Waals surface area contributed by atoms with E-state index in [2.05, 4.69) is 33.7 Å². The van der Waals surface area contributed by atoms with Crippen molar-refractivity contribution >= 4 is 11.8 Å². The predicted octanol–water partition coefficient (Wildman–Crippen LogP) is 4.33. The van der Waals surface area contributed by atoms with Gasteiger partial charge >= 0.3 is 0 Å². The summed E-state index contributed by atoms with van der Waals surface area (Å²) in [6.07, 6.45) is 4.24. The van der Waals surface area contributed by atoms with Gasteiger partial charge in [0.2, 0.25) is 5.91 Å². The van der Waals surface area contributed by atoms with Crippen molar-refractivity contribution in [2.45, 2.75) is 44.8 Å². The van der Waals surface area contributed by atoms with Crippen LogP contribution in [0.1, 0.15) is 46.3 Å². The van der Waals surface area contributed by atoms with Crippen LogP contribution in [0.4, 0.5) is 0 Å². The van der Waals surface area contributed by atoms with Gasteiger partial charge in [-0.15, -0.1) is 0 Å². The number of carbonyl (C=O) groups excluding carboxylic acids is 2. The molecule has 1 fully saturated rings. The third kappa shape index (κ3) is 6.78. The predicted molar refractivity (Wildman–Crippen MR) is 135 cm³/mol. The van der Waals surface area contributed by atoms with E-state index in [9.17, 15) is 9.59 Å². The summed E-state index contributed by atoms with van der Waals surface area (Å²) in [5.41, 5.74) is 3.91. The molecule has 0 radical (unpaired) electrons. The number of hydrogen-bond acceptors (Lipinski definition) is 3. The lowest BCUT2D eigenvalue weighted by Gasteiger charge is -2.27. The molecule has 0 spiro atoms.